The first-order valence-electron chi connectivity index (χ1n) is 9.34. The Morgan fingerprint density at radius 3 is 2.59 bits per heavy atom. The van der Waals surface area contributed by atoms with E-state index in [1.807, 2.05) is 5.38 Å². The number of benzene rings is 2. The van der Waals surface area contributed by atoms with Gasteiger partial charge in [0.25, 0.3) is 5.69 Å². The number of hydrogen-bond donors (Lipinski definition) is 2. The smallest absolute Gasteiger partial charge is 0.313 e. The van der Waals surface area contributed by atoms with Crippen molar-refractivity contribution in [2.45, 2.75) is 6.42 Å². The van der Waals surface area contributed by atoms with E-state index in [1.54, 1.807) is 22.7 Å². The van der Waals surface area contributed by atoms with Crippen LogP contribution in [0.3, 0.4) is 0 Å². The van der Waals surface area contributed by atoms with Crippen molar-refractivity contribution in [1.29, 1.82) is 0 Å². The van der Waals surface area contributed by atoms with Crippen LogP contribution in [0.4, 0.5) is 15.8 Å². The largest absolute Gasteiger partial charge is 0.347 e. The first-order chi connectivity index (χ1) is 15.4. The molecule has 4 aromatic rings. The third-order valence-electron chi connectivity index (χ3n) is 4.47. The van der Waals surface area contributed by atoms with E-state index >= 15 is 0 Å². The minimum atomic E-state index is -0.892. The molecule has 0 spiro atoms. The Kier molecular flexibility index (Phi) is 5.85. The second-order valence-corrected chi connectivity index (χ2v) is 7.44. The molecule has 0 fully saturated rings. The molecule has 4 rings (SSSR count). The topological polar surface area (TPSA) is 132 Å². The summed E-state index contributed by atoms with van der Waals surface area (Å²) in [7, 11) is 0. The summed E-state index contributed by atoms with van der Waals surface area (Å²) >= 11 is 1.33. The number of carbonyl (C=O) groups excluding carboxylic acids is 2. The van der Waals surface area contributed by atoms with Gasteiger partial charge in [0.05, 0.1) is 16.2 Å². The van der Waals surface area contributed by atoms with Gasteiger partial charge in [0.15, 0.2) is 5.82 Å². The summed E-state index contributed by atoms with van der Waals surface area (Å²) in [5.41, 5.74) is 1.18. The van der Waals surface area contributed by atoms with E-state index in [9.17, 15) is 24.1 Å². The molecule has 0 saturated carbocycles. The van der Waals surface area contributed by atoms with Crippen molar-refractivity contribution in [2.75, 3.05) is 11.9 Å². The quantitative estimate of drug-likeness (QED) is 0.262. The molecule has 32 heavy (non-hydrogen) atoms. The number of thiazole rings is 1. The number of non-ortho nitro benzene ring substituents is 1. The van der Waals surface area contributed by atoms with Crippen LogP contribution in [0.5, 0.6) is 0 Å². The number of fused-ring (bicyclic) bond motifs is 1. The number of nitrogens with zero attached hydrogens (tertiary/aromatic N) is 4. The number of hydrogen-bond acceptors (Lipinski definition) is 7. The van der Waals surface area contributed by atoms with Crippen LogP contribution in [0, 0.1) is 15.9 Å². The summed E-state index contributed by atoms with van der Waals surface area (Å²) in [5, 5.41) is 21.7. The summed E-state index contributed by atoms with van der Waals surface area (Å²) < 4.78 is 15.6. The molecule has 0 saturated heterocycles. The maximum absolute atomic E-state index is 14.0. The predicted octanol–water partition coefficient (Wildman–Crippen LogP) is 2.80. The predicted molar refractivity (Wildman–Crippen MR) is 115 cm³/mol. The summed E-state index contributed by atoms with van der Waals surface area (Å²) in [5.74, 6) is -1.89. The van der Waals surface area contributed by atoms with Crippen molar-refractivity contribution >= 4 is 39.5 Å². The van der Waals surface area contributed by atoms with Gasteiger partial charge in [0.2, 0.25) is 4.96 Å². The van der Waals surface area contributed by atoms with Crippen molar-refractivity contribution in [3.05, 3.63) is 75.5 Å². The molecule has 0 aliphatic heterocycles. The monoisotopic (exact) mass is 454 g/mol. The summed E-state index contributed by atoms with van der Waals surface area (Å²) in [4.78, 5) is 39.1. The Hall–Kier alpha value is -4.19. The lowest BCUT2D eigenvalue weighted by Crippen LogP contribution is -2.36. The third-order valence-corrected chi connectivity index (χ3v) is 5.34. The number of halogens is 1. The first kappa shape index (κ1) is 21.1. The fourth-order valence-electron chi connectivity index (χ4n) is 2.89. The average molecular weight is 454 g/mol. The van der Waals surface area contributed by atoms with Crippen LogP contribution >= 0.6 is 11.3 Å². The highest BCUT2D eigenvalue weighted by atomic mass is 32.1. The van der Waals surface area contributed by atoms with Gasteiger partial charge >= 0.3 is 11.8 Å². The van der Waals surface area contributed by atoms with Crippen molar-refractivity contribution in [3.63, 3.8) is 0 Å². The average Bonchev–Trinajstić information content (AvgIpc) is 3.36. The van der Waals surface area contributed by atoms with Crippen LogP contribution < -0.4 is 10.6 Å². The Labute approximate surface area is 183 Å². The highest BCUT2D eigenvalue weighted by Crippen LogP contribution is 2.23. The Balaban J connectivity index is 1.34. The summed E-state index contributed by atoms with van der Waals surface area (Å²) in [6.45, 7) is 0.160. The number of nitrogens with one attached hydrogen (secondary N) is 2. The molecule has 0 bridgehead atoms. The highest BCUT2D eigenvalue weighted by molar-refractivity contribution is 7.15. The van der Waals surface area contributed by atoms with Crippen molar-refractivity contribution in [1.82, 2.24) is 19.9 Å². The molecular formula is C20H15FN6O4S. The number of amides is 2. The number of aromatic nitrogens is 3. The number of nitro benzene ring substituents is 1. The van der Waals surface area contributed by atoms with Crippen LogP contribution in [-0.4, -0.2) is 37.9 Å². The molecule has 0 aliphatic carbocycles. The molecule has 0 unspecified atom stereocenters. The Morgan fingerprint density at radius 2 is 1.88 bits per heavy atom. The lowest BCUT2D eigenvalue weighted by atomic mass is 10.2. The summed E-state index contributed by atoms with van der Waals surface area (Å²) in [6.07, 6.45) is 0.372. The molecule has 0 aliphatic rings. The van der Waals surface area contributed by atoms with Gasteiger partial charge in [-0.3, -0.25) is 19.7 Å². The second kappa shape index (κ2) is 8.89. The maximum atomic E-state index is 14.0. The summed E-state index contributed by atoms with van der Waals surface area (Å²) in [6, 6.07) is 11.3. The van der Waals surface area contributed by atoms with Gasteiger partial charge in [-0.1, -0.05) is 12.1 Å². The Morgan fingerprint density at radius 1 is 1.12 bits per heavy atom. The molecule has 162 valence electrons. The normalized spacial score (nSPS) is 10.8. The number of rotatable bonds is 6. The molecule has 2 N–H and O–H groups in total. The molecule has 0 radical (unpaired) electrons. The van der Waals surface area contributed by atoms with E-state index in [2.05, 4.69) is 20.7 Å². The van der Waals surface area contributed by atoms with Gasteiger partial charge < -0.3 is 10.6 Å². The lowest BCUT2D eigenvalue weighted by Gasteiger charge is -2.06. The zero-order valence-electron chi connectivity index (χ0n) is 16.3. The highest BCUT2D eigenvalue weighted by Gasteiger charge is 2.16. The fourth-order valence-corrected chi connectivity index (χ4v) is 3.75. The van der Waals surface area contributed by atoms with Gasteiger partial charge in [-0.25, -0.2) is 8.91 Å². The molecule has 0 atom stereocenters. The first-order valence-corrected chi connectivity index (χ1v) is 10.2. The van der Waals surface area contributed by atoms with Gasteiger partial charge in [-0.2, -0.15) is 4.98 Å². The number of carbonyl (C=O) groups is 2. The molecule has 12 heteroatoms. The molecule has 2 heterocycles. The molecule has 2 aromatic heterocycles. The van der Waals surface area contributed by atoms with Crippen LogP contribution in [-0.2, 0) is 16.0 Å². The standard InChI is InChI=1S/C20H15FN6O4S/c21-16-4-2-1-3-15(16)17-24-20-26(25-17)14(11-32-20)9-10-22-18(28)19(29)23-12-5-7-13(8-6-12)27(30)31/h1-8,11H,9-10H2,(H,22,28)(H,23,29). The van der Waals surface area contributed by atoms with E-state index < -0.39 is 22.6 Å². The van der Waals surface area contributed by atoms with E-state index in [1.165, 1.54) is 41.7 Å². The lowest BCUT2D eigenvalue weighted by molar-refractivity contribution is -0.384. The van der Waals surface area contributed by atoms with Crippen molar-refractivity contribution in [3.8, 4) is 11.4 Å². The molecule has 2 amide bonds. The van der Waals surface area contributed by atoms with Gasteiger partial charge in [0.1, 0.15) is 5.82 Å². The van der Waals surface area contributed by atoms with E-state index in [-0.39, 0.29) is 23.7 Å². The molecule has 2 aromatic carbocycles. The second-order valence-electron chi connectivity index (χ2n) is 6.60. The third kappa shape index (κ3) is 4.44. The number of nitro groups is 1. The SMILES string of the molecule is O=C(NCCc1csc2nc(-c3ccccc3F)nn12)C(=O)Nc1ccc([N+](=O)[O-])cc1. The van der Waals surface area contributed by atoms with Crippen LogP contribution in [0.15, 0.2) is 53.9 Å². The van der Waals surface area contributed by atoms with E-state index in [0.717, 1.165) is 5.69 Å². The van der Waals surface area contributed by atoms with Gasteiger partial charge in [-0.05, 0) is 24.3 Å². The van der Waals surface area contributed by atoms with Crippen LogP contribution in [0.1, 0.15) is 5.69 Å². The van der Waals surface area contributed by atoms with Crippen molar-refractivity contribution < 1.29 is 18.9 Å². The molecule has 10 nitrogen and oxygen atoms in total. The zero-order valence-corrected chi connectivity index (χ0v) is 17.1. The van der Waals surface area contributed by atoms with Crippen LogP contribution in [0.2, 0.25) is 0 Å². The Bertz CT molecular complexity index is 1320. The number of anilines is 1. The van der Waals surface area contributed by atoms with Crippen molar-refractivity contribution in [2.24, 2.45) is 0 Å². The fraction of sp³-hybridized carbons (Fsp3) is 0.100. The van der Waals surface area contributed by atoms with Gasteiger partial charge in [-0.15, -0.1) is 16.4 Å². The van der Waals surface area contributed by atoms with E-state index in [4.69, 9.17) is 0 Å². The van der Waals surface area contributed by atoms with Crippen LogP contribution in [0.25, 0.3) is 16.3 Å². The minimum Gasteiger partial charge on any atom is -0.347 e. The zero-order chi connectivity index (χ0) is 22.7. The maximum Gasteiger partial charge on any atom is 0.313 e. The van der Waals surface area contributed by atoms with E-state index in [0.29, 0.717) is 16.9 Å². The van der Waals surface area contributed by atoms with Gasteiger partial charge in [0, 0.05) is 36.2 Å². The minimum absolute atomic E-state index is 0.124. The molecular weight excluding hydrogens is 439 g/mol.